The van der Waals surface area contributed by atoms with Crippen molar-refractivity contribution in [3.8, 4) is 0 Å². The Morgan fingerprint density at radius 1 is 1.21 bits per heavy atom. The molecule has 3 heteroatoms. The highest BCUT2D eigenvalue weighted by atomic mass is 15.2. The Morgan fingerprint density at radius 2 is 1.93 bits per heavy atom. The molecule has 0 aromatic heterocycles. The van der Waals surface area contributed by atoms with Crippen molar-refractivity contribution in [3.63, 3.8) is 0 Å². The van der Waals surface area contributed by atoms with Gasteiger partial charge in [-0.1, -0.05) is 13.8 Å². The predicted molar refractivity (Wildman–Crippen MR) is 61.5 cm³/mol. The third kappa shape index (κ3) is 2.89. The van der Waals surface area contributed by atoms with Gasteiger partial charge in [-0.15, -0.1) is 0 Å². The Bertz CT molecular complexity index is 201. The minimum absolute atomic E-state index is 0.604. The molecule has 1 fully saturated rings. The van der Waals surface area contributed by atoms with E-state index in [1.807, 2.05) is 14.1 Å². The maximum Gasteiger partial charge on any atom is 0.190 e. The highest BCUT2D eigenvalue weighted by Crippen LogP contribution is 2.29. The molecule has 1 aliphatic carbocycles. The summed E-state index contributed by atoms with van der Waals surface area (Å²) in [6.07, 6.45) is 3.87. The molecule has 14 heavy (non-hydrogen) atoms. The van der Waals surface area contributed by atoms with Gasteiger partial charge in [0.05, 0.1) is 0 Å². The van der Waals surface area contributed by atoms with Gasteiger partial charge in [0.15, 0.2) is 5.96 Å². The van der Waals surface area contributed by atoms with E-state index in [2.05, 4.69) is 29.5 Å². The molecule has 0 aromatic rings. The standard InChI is InChI=1S/C11H23N3/c1-8-5-6-10(7-9(8)2)14-11(12-3)13-4/h8-10H,5-7H2,1-4H3,(H2,12,13,14). The van der Waals surface area contributed by atoms with Crippen LogP contribution < -0.4 is 10.6 Å². The topological polar surface area (TPSA) is 36.4 Å². The molecule has 0 aliphatic heterocycles. The molecule has 1 saturated carbocycles. The van der Waals surface area contributed by atoms with Gasteiger partial charge in [-0.2, -0.15) is 0 Å². The number of nitrogens with zero attached hydrogens (tertiary/aromatic N) is 1. The number of hydrogen-bond acceptors (Lipinski definition) is 1. The van der Waals surface area contributed by atoms with Gasteiger partial charge in [-0.05, 0) is 31.1 Å². The maximum absolute atomic E-state index is 4.14. The molecule has 0 heterocycles. The molecule has 3 nitrogen and oxygen atoms in total. The molecule has 82 valence electrons. The number of nitrogens with one attached hydrogen (secondary N) is 2. The Balaban J connectivity index is 2.40. The molecule has 2 N–H and O–H groups in total. The van der Waals surface area contributed by atoms with Crippen LogP contribution in [-0.4, -0.2) is 26.1 Å². The van der Waals surface area contributed by atoms with Gasteiger partial charge in [0.1, 0.15) is 0 Å². The van der Waals surface area contributed by atoms with Gasteiger partial charge in [0, 0.05) is 20.1 Å². The molecule has 0 amide bonds. The fourth-order valence-corrected chi connectivity index (χ4v) is 2.12. The van der Waals surface area contributed by atoms with Crippen LogP contribution in [0.15, 0.2) is 4.99 Å². The molecule has 1 aliphatic rings. The molecule has 0 radical (unpaired) electrons. The molecule has 0 saturated heterocycles. The summed E-state index contributed by atoms with van der Waals surface area (Å²) in [6, 6.07) is 0.604. The summed E-state index contributed by atoms with van der Waals surface area (Å²) in [4.78, 5) is 4.14. The van der Waals surface area contributed by atoms with E-state index in [-0.39, 0.29) is 0 Å². The number of hydrogen-bond donors (Lipinski definition) is 2. The quantitative estimate of drug-likeness (QED) is 0.495. The van der Waals surface area contributed by atoms with Gasteiger partial charge in [0.2, 0.25) is 0 Å². The van der Waals surface area contributed by atoms with Crippen molar-refractivity contribution in [1.29, 1.82) is 0 Å². The van der Waals surface area contributed by atoms with Crippen molar-refractivity contribution in [2.45, 2.75) is 39.2 Å². The lowest BCUT2D eigenvalue weighted by molar-refractivity contribution is 0.239. The van der Waals surface area contributed by atoms with E-state index in [1.54, 1.807) is 0 Å². The minimum atomic E-state index is 0.604. The highest BCUT2D eigenvalue weighted by Gasteiger charge is 2.24. The summed E-state index contributed by atoms with van der Waals surface area (Å²) >= 11 is 0. The lowest BCUT2D eigenvalue weighted by atomic mass is 9.79. The first kappa shape index (κ1) is 11.3. The average molecular weight is 197 g/mol. The Hall–Kier alpha value is -0.730. The van der Waals surface area contributed by atoms with E-state index in [0.717, 1.165) is 17.8 Å². The second-order valence-electron chi connectivity index (χ2n) is 4.43. The molecular formula is C11H23N3. The van der Waals surface area contributed by atoms with Gasteiger partial charge in [0.25, 0.3) is 0 Å². The van der Waals surface area contributed by atoms with E-state index in [9.17, 15) is 0 Å². The number of aliphatic imine (C=N–C) groups is 1. The third-order valence-corrected chi connectivity index (χ3v) is 3.40. The fourth-order valence-electron chi connectivity index (χ4n) is 2.12. The van der Waals surface area contributed by atoms with Gasteiger partial charge >= 0.3 is 0 Å². The monoisotopic (exact) mass is 197 g/mol. The normalized spacial score (nSPS) is 34.0. The molecule has 1 rings (SSSR count). The Morgan fingerprint density at radius 3 is 2.43 bits per heavy atom. The van der Waals surface area contributed by atoms with E-state index < -0.39 is 0 Å². The van der Waals surface area contributed by atoms with Crippen molar-refractivity contribution in [2.24, 2.45) is 16.8 Å². The van der Waals surface area contributed by atoms with Gasteiger partial charge in [-0.3, -0.25) is 4.99 Å². The van der Waals surface area contributed by atoms with Gasteiger partial charge < -0.3 is 10.6 Å². The fraction of sp³-hybridized carbons (Fsp3) is 0.909. The summed E-state index contributed by atoms with van der Waals surface area (Å²) in [5.74, 6) is 2.62. The lowest BCUT2D eigenvalue weighted by Gasteiger charge is -2.33. The first-order valence-electron chi connectivity index (χ1n) is 5.58. The number of rotatable bonds is 1. The zero-order valence-corrected chi connectivity index (χ0v) is 9.80. The van der Waals surface area contributed by atoms with Crippen molar-refractivity contribution in [1.82, 2.24) is 10.6 Å². The molecule has 3 unspecified atom stereocenters. The van der Waals surface area contributed by atoms with Crippen LogP contribution in [0.3, 0.4) is 0 Å². The first-order valence-corrected chi connectivity index (χ1v) is 5.58. The van der Waals surface area contributed by atoms with E-state index >= 15 is 0 Å². The summed E-state index contributed by atoms with van der Waals surface area (Å²) in [7, 11) is 3.72. The van der Waals surface area contributed by atoms with Crippen LogP contribution in [0.2, 0.25) is 0 Å². The summed E-state index contributed by atoms with van der Waals surface area (Å²) in [6.45, 7) is 4.70. The van der Waals surface area contributed by atoms with E-state index in [1.165, 1.54) is 19.3 Å². The third-order valence-electron chi connectivity index (χ3n) is 3.40. The lowest BCUT2D eigenvalue weighted by Crippen LogP contribution is -2.44. The molecule has 3 atom stereocenters. The second-order valence-corrected chi connectivity index (χ2v) is 4.43. The smallest absolute Gasteiger partial charge is 0.190 e. The summed E-state index contributed by atoms with van der Waals surface area (Å²) < 4.78 is 0. The van der Waals surface area contributed by atoms with Crippen molar-refractivity contribution >= 4 is 5.96 Å². The van der Waals surface area contributed by atoms with Crippen LogP contribution in [-0.2, 0) is 0 Å². The van der Waals surface area contributed by atoms with Crippen LogP contribution in [0.25, 0.3) is 0 Å². The maximum atomic E-state index is 4.14. The molecular weight excluding hydrogens is 174 g/mol. The zero-order valence-electron chi connectivity index (χ0n) is 9.80. The Kier molecular flexibility index (Phi) is 4.23. The largest absolute Gasteiger partial charge is 0.359 e. The molecule has 0 aromatic carbocycles. The van der Waals surface area contributed by atoms with E-state index in [0.29, 0.717) is 6.04 Å². The average Bonchev–Trinajstić information content (AvgIpc) is 2.19. The summed E-state index contributed by atoms with van der Waals surface area (Å²) in [5.41, 5.74) is 0. The molecule has 0 spiro atoms. The number of guanidine groups is 1. The van der Waals surface area contributed by atoms with Crippen LogP contribution >= 0.6 is 0 Å². The zero-order chi connectivity index (χ0) is 10.6. The van der Waals surface area contributed by atoms with Gasteiger partial charge in [-0.25, -0.2) is 0 Å². The SMILES string of the molecule is CN=C(NC)NC1CCC(C)C(C)C1. The summed E-state index contributed by atoms with van der Waals surface area (Å²) in [5, 5.41) is 6.51. The Labute approximate surface area is 87.4 Å². The van der Waals surface area contributed by atoms with Crippen LogP contribution in [0.4, 0.5) is 0 Å². The van der Waals surface area contributed by atoms with Crippen molar-refractivity contribution < 1.29 is 0 Å². The van der Waals surface area contributed by atoms with Crippen LogP contribution in [0.1, 0.15) is 33.1 Å². The first-order chi connectivity index (χ1) is 6.67. The predicted octanol–water partition coefficient (Wildman–Crippen LogP) is 1.61. The van der Waals surface area contributed by atoms with E-state index in [4.69, 9.17) is 0 Å². The van der Waals surface area contributed by atoms with Crippen LogP contribution in [0.5, 0.6) is 0 Å². The van der Waals surface area contributed by atoms with Crippen molar-refractivity contribution in [2.75, 3.05) is 14.1 Å². The van der Waals surface area contributed by atoms with Crippen LogP contribution in [0, 0.1) is 11.8 Å². The second kappa shape index (κ2) is 5.23. The highest BCUT2D eigenvalue weighted by molar-refractivity contribution is 5.79. The molecule has 0 bridgehead atoms. The van der Waals surface area contributed by atoms with Crippen molar-refractivity contribution in [3.05, 3.63) is 0 Å². The minimum Gasteiger partial charge on any atom is -0.359 e.